The molecule has 9 heteroatoms. The number of carbonyl (C=O) groups is 2. The van der Waals surface area contributed by atoms with Crippen LogP contribution in [0.2, 0.25) is 0 Å². The smallest absolute Gasteiger partial charge is 0.341 e. The van der Waals surface area contributed by atoms with Crippen molar-refractivity contribution in [1.82, 2.24) is 0 Å². The van der Waals surface area contributed by atoms with Crippen LogP contribution in [0.1, 0.15) is 40.7 Å². The highest BCUT2D eigenvalue weighted by atomic mass is 79.9. The summed E-state index contributed by atoms with van der Waals surface area (Å²) >= 11 is 3.51. The number of hydrazine groups is 1. The molecule has 1 N–H and O–H groups in total. The van der Waals surface area contributed by atoms with E-state index in [1.54, 1.807) is 30.3 Å². The highest BCUT2D eigenvalue weighted by Gasteiger charge is 2.24. The van der Waals surface area contributed by atoms with Gasteiger partial charge in [0.05, 0.1) is 38.4 Å². The van der Waals surface area contributed by atoms with Crippen LogP contribution in [0.25, 0.3) is 6.08 Å². The highest BCUT2D eigenvalue weighted by Crippen LogP contribution is 2.36. The standard InChI is InChI=1S/C31H34BrN3O5/c1-21-9-8-10-27(34-17-6-5-7-18-34)30(21)35(33-23-12-14-24(38-2)15-13-23)29(36)16-11-22-19-28(39-3)25(20-26(22)32)31(37)40-4/h8-16,19-20,33H,5-7,17-18H2,1-4H3/b16-11+. The zero-order valence-corrected chi connectivity index (χ0v) is 24.8. The third kappa shape index (κ3) is 6.59. The Hall–Kier alpha value is -3.98. The minimum atomic E-state index is -0.510. The van der Waals surface area contributed by atoms with Gasteiger partial charge in [-0.15, -0.1) is 0 Å². The highest BCUT2D eigenvalue weighted by molar-refractivity contribution is 9.10. The van der Waals surface area contributed by atoms with Gasteiger partial charge < -0.3 is 19.1 Å². The fourth-order valence-electron chi connectivity index (χ4n) is 4.71. The van der Waals surface area contributed by atoms with Crippen molar-refractivity contribution in [2.45, 2.75) is 26.2 Å². The third-order valence-corrected chi connectivity index (χ3v) is 7.50. The number of benzene rings is 3. The first-order chi connectivity index (χ1) is 19.4. The summed E-state index contributed by atoms with van der Waals surface area (Å²) in [6.45, 7) is 3.89. The summed E-state index contributed by atoms with van der Waals surface area (Å²) in [4.78, 5) is 28.4. The maximum absolute atomic E-state index is 13.9. The normalized spacial score (nSPS) is 13.2. The lowest BCUT2D eigenvalue weighted by Crippen LogP contribution is -2.38. The lowest BCUT2D eigenvalue weighted by Gasteiger charge is -2.34. The molecule has 40 heavy (non-hydrogen) atoms. The van der Waals surface area contributed by atoms with Crippen LogP contribution in [0.3, 0.4) is 0 Å². The molecule has 1 aliphatic heterocycles. The molecule has 0 saturated carbocycles. The van der Waals surface area contributed by atoms with Crippen molar-refractivity contribution in [3.8, 4) is 11.5 Å². The number of carbonyl (C=O) groups excluding carboxylic acids is 2. The predicted octanol–water partition coefficient (Wildman–Crippen LogP) is 6.63. The van der Waals surface area contributed by atoms with Crippen LogP contribution < -0.4 is 24.8 Å². The van der Waals surface area contributed by atoms with Gasteiger partial charge in [0.15, 0.2) is 0 Å². The van der Waals surface area contributed by atoms with Crippen molar-refractivity contribution in [2.75, 3.05) is 49.8 Å². The fraction of sp³-hybridized carbons (Fsp3) is 0.290. The van der Waals surface area contributed by atoms with Crippen molar-refractivity contribution < 1.29 is 23.8 Å². The average molecular weight is 609 g/mol. The number of methoxy groups -OCH3 is 3. The SMILES string of the molecule is COC(=O)c1cc(Br)c(/C=C/C(=O)N(Nc2ccc(OC)cc2)c2c(C)cccc2N2CCCCC2)cc1OC. The maximum Gasteiger partial charge on any atom is 0.341 e. The Labute approximate surface area is 243 Å². The van der Waals surface area contributed by atoms with E-state index < -0.39 is 5.97 Å². The molecule has 1 heterocycles. The quantitative estimate of drug-likeness (QED) is 0.166. The van der Waals surface area contributed by atoms with Crippen LogP contribution >= 0.6 is 15.9 Å². The Bertz CT molecular complexity index is 1380. The van der Waals surface area contributed by atoms with E-state index in [0.29, 0.717) is 15.8 Å². The molecule has 0 unspecified atom stereocenters. The Morgan fingerprint density at radius 1 is 0.975 bits per heavy atom. The summed E-state index contributed by atoms with van der Waals surface area (Å²) in [5.41, 5.74) is 7.79. The number of amides is 1. The van der Waals surface area contributed by atoms with E-state index in [2.05, 4.69) is 32.3 Å². The molecule has 3 aromatic rings. The maximum atomic E-state index is 13.9. The van der Waals surface area contributed by atoms with Crippen LogP contribution in [-0.2, 0) is 9.53 Å². The number of piperidine rings is 1. The van der Waals surface area contributed by atoms with Crippen molar-refractivity contribution in [2.24, 2.45) is 0 Å². The molecule has 0 spiro atoms. The molecule has 0 aromatic heterocycles. The van der Waals surface area contributed by atoms with Gasteiger partial charge in [0.25, 0.3) is 5.91 Å². The van der Waals surface area contributed by atoms with Crippen LogP contribution in [-0.4, -0.2) is 46.3 Å². The number of anilines is 3. The van der Waals surface area contributed by atoms with E-state index >= 15 is 0 Å². The fourth-order valence-corrected chi connectivity index (χ4v) is 5.19. The van der Waals surface area contributed by atoms with E-state index in [1.165, 1.54) is 26.7 Å². The van der Waals surface area contributed by atoms with Gasteiger partial charge >= 0.3 is 5.97 Å². The molecule has 1 fully saturated rings. The number of nitrogens with zero attached hydrogens (tertiary/aromatic N) is 2. The van der Waals surface area contributed by atoms with Gasteiger partial charge in [-0.1, -0.05) is 28.1 Å². The summed E-state index contributed by atoms with van der Waals surface area (Å²) < 4.78 is 16.2. The number of nitrogens with one attached hydrogen (secondary N) is 1. The second kappa shape index (κ2) is 13.4. The monoisotopic (exact) mass is 607 g/mol. The summed E-state index contributed by atoms with van der Waals surface area (Å²) in [6, 6.07) is 16.8. The van der Waals surface area contributed by atoms with Crippen LogP contribution in [0.4, 0.5) is 17.1 Å². The molecule has 1 amide bonds. The van der Waals surface area contributed by atoms with E-state index in [1.807, 2.05) is 43.3 Å². The lowest BCUT2D eigenvalue weighted by molar-refractivity contribution is -0.113. The van der Waals surface area contributed by atoms with Crippen LogP contribution in [0.15, 0.2) is 65.1 Å². The second-order valence-corrected chi connectivity index (χ2v) is 10.3. The van der Waals surface area contributed by atoms with Crippen LogP contribution in [0, 0.1) is 6.92 Å². The molecule has 4 rings (SSSR count). The number of ether oxygens (including phenoxy) is 3. The molecule has 0 atom stereocenters. The van der Waals surface area contributed by atoms with E-state index in [0.717, 1.165) is 54.3 Å². The molecular formula is C31H34BrN3O5. The molecule has 8 nitrogen and oxygen atoms in total. The van der Waals surface area contributed by atoms with Gasteiger partial charge in [-0.2, -0.15) is 0 Å². The number of halogens is 1. The Balaban J connectivity index is 1.74. The van der Waals surface area contributed by atoms with Crippen molar-refractivity contribution in [3.05, 3.63) is 81.8 Å². The Morgan fingerprint density at radius 2 is 1.70 bits per heavy atom. The number of esters is 1. The molecule has 0 radical (unpaired) electrons. The second-order valence-electron chi connectivity index (χ2n) is 9.40. The first-order valence-electron chi connectivity index (χ1n) is 13.1. The number of hydrogen-bond acceptors (Lipinski definition) is 7. The Morgan fingerprint density at radius 3 is 2.35 bits per heavy atom. The third-order valence-electron chi connectivity index (χ3n) is 6.82. The molecule has 3 aromatic carbocycles. The molecule has 210 valence electrons. The summed E-state index contributed by atoms with van der Waals surface area (Å²) in [5, 5.41) is 1.59. The summed E-state index contributed by atoms with van der Waals surface area (Å²) in [6.07, 6.45) is 6.63. The van der Waals surface area contributed by atoms with Gasteiger partial charge in [0, 0.05) is 23.6 Å². The number of para-hydroxylation sites is 1. The number of rotatable bonds is 9. The van der Waals surface area contributed by atoms with Crippen molar-refractivity contribution >= 4 is 50.9 Å². The zero-order valence-electron chi connectivity index (χ0n) is 23.2. The molecular weight excluding hydrogens is 574 g/mol. The Kier molecular flexibility index (Phi) is 9.71. The first kappa shape index (κ1) is 29.0. The topological polar surface area (TPSA) is 80.3 Å². The lowest BCUT2D eigenvalue weighted by atomic mass is 10.1. The van der Waals surface area contributed by atoms with E-state index in [-0.39, 0.29) is 11.5 Å². The van der Waals surface area contributed by atoms with Gasteiger partial charge in [-0.05, 0) is 85.9 Å². The summed E-state index contributed by atoms with van der Waals surface area (Å²) in [5.74, 6) is 0.291. The number of hydrogen-bond donors (Lipinski definition) is 1. The average Bonchev–Trinajstić information content (AvgIpc) is 2.99. The summed E-state index contributed by atoms with van der Waals surface area (Å²) in [7, 11) is 4.41. The molecule has 0 bridgehead atoms. The predicted molar refractivity (Wildman–Crippen MR) is 162 cm³/mol. The molecule has 0 aliphatic carbocycles. The minimum Gasteiger partial charge on any atom is -0.497 e. The van der Waals surface area contributed by atoms with Gasteiger partial charge in [0.2, 0.25) is 0 Å². The van der Waals surface area contributed by atoms with Gasteiger partial charge in [0.1, 0.15) is 17.1 Å². The van der Waals surface area contributed by atoms with Gasteiger partial charge in [-0.3, -0.25) is 10.2 Å². The number of aryl methyl sites for hydroxylation is 1. The largest absolute Gasteiger partial charge is 0.497 e. The van der Waals surface area contributed by atoms with Gasteiger partial charge in [-0.25, -0.2) is 9.80 Å². The van der Waals surface area contributed by atoms with E-state index in [4.69, 9.17) is 14.2 Å². The minimum absolute atomic E-state index is 0.272. The van der Waals surface area contributed by atoms with Crippen molar-refractivity contribution in [3.63, 3.8) is 0 Å². The van der Waals surface area contributed by atoms with E-state index in [9.17, 15) is 9.59 Å². The van der Waals surface area contributed by atoms with Crippen LogP contribution in [0.5, 0.6) is 11.5 Å². The molecule has 1 saturated heterocycles. The molecule has 1 aliphatic rings. The first-order valence-corrected chi connectivity index (χ1v) is 13.9. The van der Waals surface area contributed by atoms with Crippen molar-refractivity contribution in [1.29, 1.82) is 0 Å². The zero-order chi connectivity index (χ0) is 28.6.